The van der Waals surface area contributed by atoms with E-state index in [9.17, 15) is 9.59 Å². The third kappa shape index (κ3) is 4.69. The van der Waals surface area contributed by atoms with E-state index in [0.29, 0.717) is 53.4 Å². The summed E-state index contributed by atoms with van der Waals surface area (Å²) in [5.41, 5.74) is 1.58. The van der Waals surface area contributed by atoms with Crippen LogP contribution in [0.4, 0.5) is 0 Å². The second kappa shape index (κ2) is 10.0. The van der Waals surface area contributed by atoms with Gasteiger partial charge in [-0.1, -0.05) is 29.8 Å². The molecule has 0 bridgehead atoms. The number of ether oxygens (including phenoxy) is 2. The average Bonchev–Trinajstić information content (AvgIpc) is 3.19. The number of thioether (sulfide) groups is 1. The van der Waals surface area contributed by atoms with Crippen LogP contribution in [-0.4, -0.2) is 61.2 Å². The topological polar surface area (TPSA) is 59.1 Å². The third-order valence-electron chi connectivity index (χ3n) is 6.12. The van der Waals surface area contributed by atoms with Crippen LogP contribution in [0.3, 0.4) is 0 Å². The molecule has 1 atom stereocenters. The average molecular weight is 475 g/mol. The van der Waals surface area contributed by atoms with Gasteiger partial charge in [-0.3, -0.25) is 9.59 Å². The predicted octanol–water partition coefficient (Wildman–Crippen LogP) is 4.48. The smallest absolute Gasteiger partial charge is 0.255 e. The van der Waals surface area contributed by atoms with Gasteiger partial charge in [0.15, 0.2) is 11.5 Å². The first-order valence-corrected chi connectivity index (χ1v) is 12.1. The maximum absolute atomic E-state index is 12.8. The van der Waals surface area contributed by atoms with Gasteiger partial charge in [-0.15, -0.1) is 11.8 Å². The van der Waals surface area contributed by atoms with E-state index >= 15 is 0 Å². The summed E-state index contributed by atoms with van der Waals surface area (Å²) in [6, 6.07) is 13.0. The lowest BCUT2D eigenvalue weighted by molar-refractivity contribution is -0.128. The fraction of sp³-hybridized carbons (Fsp3) is 0.417. The van der Waals surface area contributed by atoms with Gasteiger partial charge in [0.2, 0.25) is 5.91 Å². The lowest BCUT2D eigenvalue weighted by Gasteiger charge is -2.35. The molecule has 2 aliphatic heterocycles. The predicted molar refractivity (Wildman–Crippen MR) is 127 cm³/mol. The van der Waals surface area contributed by atoms with Crippen molar-refractivity contribution in [2.75, 3.05) is 39.6 Å². The first-order valence-electron chi connectivity index (χ1n) is 10.7. The monoisotopic (exact) mass is 474 g/mol. The maximum Gasteiger partial charge on any atom is 0.255 e. The number of amides is 2. The Balaban J connectivity index is 1.40. The standard InChI is InChI=1S/C24H27ClN2O4S/c1-30-20-8-7-17(13-21(20)31-2)24-27(22(28)15-32-24)14-16-9-11-26(12-10-16)23(29)18-5-3-4-6-19(18)25/h3-8,13,16,24H,9-12,14-15H2,1-2H3. The van der Waals surface area contributed by atoms with Crippen LogP contribution >= 0.6 is 23.4 Å². The Morgan fingerprint density at radius 1 is 1.09 bits per heavy atom. The summed E-state index contributed by atoms with van der Waals surface area (Å²) in [6.07, 6.45) is 1.73. The van der Waals surface area contributed by atoms with Crippen LogP contribution < -0.4 is 9.47 Å². The number of carbonyl (C=O) groups is 2. The van der Waals surface area contributed by atoms with Crippen LogP contribution in [0.25, 0.3) is 0 Å². The molecule has 0 saturated carbocycles. The number of rotatable bonds is 6. The summed E-state index contributed by atoms with van der Waals surface area (Å²) < 4.78 is 10.8. The number of methoxy groups -OCH3 is 2. The molecule has 2 aliphatic rings. The minimum absolute atomic E-state index is 0.0231. The summed E-state index contributed by atoms with van der Waals surface area (Å²) in [5, 5.41) is 0.446. The van der Waals surface area contributed by atoms with E-state index in [1.165, 1.54) is 0 Å². The van der Waals surface area contributed by atoms with Gasteiger partial charge in [-0.25, -0.2) is 0 Å². The van der Waals surface area contributed by atoms with E-state index in [2.05, 4.69) is 0 Å². The molecule has 0 radical (unpaired) electrons. The summed E-state index contributed by atoms with van der Waals surface area (Å²) in [5.74, 6) is 2.30. The van der Waals surface area contributed by atoms with Crippen LogP contribution in [0, 0.1) is 5.92 Å². The molecule has 4 rings (SSSR count). The van der Waals surface area contributed by atoms with Crippen molar-refractivity contribution in [1.82, 2.24) is 9.80 Å². The van der Waals surface area contributed by atoms with E-state index in [0.717, 1.165) is 18.4 Å². The molecule has 2 fully saturated rings. The molecule has 32 heavy (non-hydrogen) atoms. The van der Waals surface area contributed by atoms with Crippen molar-refractivity contribution in [2.45, 2.75) is 18.2 Å². The fourth-order valence-electron chi connectivity index (χ4n) is 4.34. The van der Waals surface area contributed by atoms with Crippen molar-refractivity contribution < 1.29 is 19.1 Å². The van der Waals surface area contributed by atoms with E-state index < -0.39 is 0 Å². The molecule has 0 aliphatic carbocycles. The number of likely N-dealkylation sites (tertiary alicyclic amines) is 1. The van der Waals surface area contributed by atoms with Crippen molar-refractivity contribution >= 4 is 35.2 Å². The summed E-state index contributed by atoms with van der Waals surface area (Å²) in [6.45, 7) is 2.04. The van der Waals surface area contributed by atoms with Crippen molar-refractivity contribution in [1.29, 1.82) is 0 Å². The molecule has 8 heteroatoms. The molecule has 2 saturated heterocycles. The lowest BCUT2D eigenvalue weighted by atomic mass is 9.95. The molecule has 2 heterocycles. The molecule has 0 N–H and O–H groups in total. The zero-order valence-corrected chi connectivity index (χ0v) is 19.8. The van der Waals surface area contributed by atoms with Crippen molar-refractivity contribution in [3.63, 3.8) is 0 Å². The van der Waals surface area contributed by atoms with Gasteiger partial charge in [-0.2, -0.15) is 0 Å². The van der Waals surface area contributed by atoms with Crippen molar-refractivity contribution in [2.24, 2.45) is 5.92 Å². The minimum atomic E-state index is -0.0370. The highest BCUT2D eigenvalue weighted by Crippen LogP contribution is 2.42. The first-order chi connectivity index (χ1) is 15.5. The first kappa shape index (κ1) is 22.8. The Morgan fingerprint density at radius 3 is 2.50 bits per heavy atom. The van der Waals surface area contributed by atoms with Gasteiger partial charge in [0.25, 0.3) is 5.91 Å². The SMILES string of the molecule is COc1ccc(C2SCC(=O)N2CC2CCN(C(=O)c3ccccc3Cl)CC2)cc1OC. The van der Waals surface area contributed by atoms with E-state index in [1.54, 1.807) is 38.1 Å². The van der Waals surface area contributed by atoms with Crippen molar-refractivity contribution in [3.05, 3.63) is 58.6 Å². The third-order valence-corrected chi connectivity index (χ3v) is 7.71. The molecule has 0 aromatic heterocycles. The van der Waals surface area contributed by atoms with Gasteiger partial charge in [0.1, 0.15) is 5.37 Å². The van der Waals surface area contributed by atoms with E-state index in [-0.39, 0.29) is 17.2 Å². The molecule has 2 aromatic carbocycles. The number of benzene rings is 2. The second-order valence-corrected chi connectivity index (χ2v) is 9.52. The lowest BCUT2D eigenvalue weighted by Crippen LogP contribution is -2.42. The Kier molecular flexibility index (Phi) is 7.16. The number of halogens is 1. The number of nitrogens with zero attached hydrogens (tertiary/aromatic N) is 2. The van der Waals surface area contributed by atoms with Gasteiger partial charge in [0.05, 0.1) is 30.6 Å². The largest absolute Gasteiger partial charge is 0.493 e. The maximum atomic E-state index is 12.8. The number of carbonyl (C=O) groups excluding carboxylic acids is 2. The van der Waals surface area contributed by atoms with Crippen LogP contribution in [0.15, 0.2) is 42.5 Å². The Morgan fingerprint density at radius 2 is 1.81 bits per heavy atom. The van der Waals surface area contributed by atoms with Gasteiger partial charge < -0.3 is 19.3 Å². The summed E-state index contributed by atoms with van der Waals surface area (Å²) >= 11 is 7.84. The Labute approximate surface area is 197 Å². The minimum Gasteiger partial charge on any atom is -0.493 e. The van der Waals surface area contributed by atoms with Crippen LogP contribution in [-0.2, 0) is 4.79 Å². The zero-order chi connectivity index (χ0) is 22.7. The highest BCUT2D eigenvalue weighted by Gasteiger charge is 2.36. The highest BCUT2D eigenvalue weighted by atomic mass is 35.5. The molecule has 0 spiro atoms. The number of hydrogen-bond donors (Lipinski definition) is 0. The Hall–Kier alpha value is -2.38. The molecule has 1 unspecified atom stereocenters. The second-order valence-electron chi connectivity index (χ2n) is 8.04. The zero-order valence-electron chi connectivity index (χ0n) is 18.3. The van der Waals surface area contributed by atoms with E-state index in [4.69, 9.17) is 21.1 Å². The molecule has 2 amide bonds. The van der Waals surface area contributed by atoms with Crippen molar-refractivity contribution in [3.8, 4) is 11.5 Å². The van der Waals surface area contributed by atoms with E-state index in [1.807, 2.05) is 40.1 Å². The molecule has 6 nitrogen and oxygen atoms in total. The summed E-state index contributed by atoms with van der Waals surface area (Å²) in [4.78, 5) is 29.3. The van der Waals surface area contributed by atoms with Crippen LogP contribution in [0.2, 0.25) is 5.02 Å². The molecule has 2 aromatic rings. The molecular formula is C24H27ClN2O4S. The summed E-state index contributed by atoms with van der Waals surface area (Å²) in [7, 11) is 3.23. The van der Waals surface area contributed by atoms with Gasteiger partial charge in [-0.05, 0) is 48.6 Å². The number of piperidine rings is 1. The Bertz CT molecular complexity index is 994. The number of hydrogen-bond acceptors (Lipinski definition) is 5. The quantitative estimate of drug-likeness (QED) is 0.617. The van der Waals surface area contributed by atoms with Crippen LogP contribution in [0.1, 0.15) is 34.1 Å². The molecule has 170 valence electrons. The van der Waals surface area contributed by atoms with Gasteiger partial charge >= 0.3 is 0 Å². The fourth-order valence-corrected chi connectivity index (χ4v) is 5.74. The highest BCUT2D eigenvalue weighted by molar-refractivity contribution is 8.00. The molecular weight excluding hydrogens is 448 g/mol. The van der Waals surface area contributed by atoms with Gasteiger partial charge in [0, 0.05) is 19.6 Å². The normalized spacial score (nSPS) is 19.3. The van der Waals surface area contributed by atoms with Crippen LogP contribution in [0.5, 0.6) is 11.5 Å².